The van der Waals surface area contributed by atoms with Crippen molar-refractivity contribution >= 4 is 47.8 Å². The van der Waals surface area contributed by atoms with E-state index in [9.17, 15) is 0 Å². The predicted octanol–water partition coefficient (Wildman–Crippen LogP) is 5.32. The molecule has 0 N–H and O–H groups in total. The lowest BCUT2D eigenvalue weighted by molar-refractivity contribution is 0.790. The van der Waals surface area contributed by atoms with Gasteiger partial charge in [0.15, 0.2) is 0 Å². The zero-order valence-electron chi connectivity index (χ0n) is 7.41. The third-order valence-corrected chi connectivity index (χ3v) is 3.76. The highest BCUT2D eigenvalue weighted by molar-refractivity contribution is 9.11. The van der Waals surface area contributed by atoms with Crippen LogP contribution in [0.25, 0.3) is 0 Å². The molecule has 0 fully saturated rings. The zero-order valence-corrected chi connectivity index (χ0v) is 12.2. The number of halogens is 3. The molecule has 0 heterocycles. The molecule has 0 aromatic heterocycles. The standard InChI is InChI=1S/C10H11Br3/c1-2-3-4-8-9(12)5-7(11)6-10(8)13/h5-6H,2-4H2,1H3. The fraction of sp³-hybridized carbons (Fsp3) is 0.400. The molecular weight excluding hydrogens is 360 g/mol. The summed E-state index contributed by atoms with van der Waals surface area (Å²) in [4.78, 5) is 0. The molecule has 0 radical (unpaired) electrons. The van der Waals surface area contributed by atoms with Gasteiger partial charge in [-0.25, -0.2) is 0 Å². The summed E-state index contributed by atoms with van der Waals surface area (Å²) in [5, 5.41) is 0. The zero-order chi connectivity index (χ0) is 9.84. The van der Waals surface area contributed by atoms with Crippen LogP contribution in [-0.4, -0.2) is 0 Å². The van der Waals surface area contributed by atoms with Gasteiger partial charge in [0.2, 0.25) is 0 Å². The second-order valence-electron chi connectivity index (χ2n) is 2.95. The first-order valence-electron chi connectivity index (χ1n) is 4.28. The molecule has 0 unspecified atom stereocenters. The highest BCUT2D eigenvalue weighted by Crippen LogP contribution is 2.30. The molecule has 0 amide bonds. The van der Waals surface area contributed by atoms with Crippen LogP contribution in [0.15, 0.2) is 25.6 Å². The Morgan fingerprint density at radius 3 is 2.08 bits per heavy atom. The molecule has 1 aromatic carbocycles. The van der Waals surface area contributed by atoms with Crippen LogP contribution in [0.2, 0.25) is 0 Å². The first-order valence-corrected chi connectivity index (χ1v) is 6.66. The third-order valence-electron chi connectivity index (χ3n) is 1.89. The van der Waals surface area contributed by atoms with Gasteiger partial charge in [0.25, 0.3) is 0 Å². The summed E-state index contributed by atoms with van der Waals surface area (Å²) in [6, 6.07) is 4.19. The maximum atomic E-state index is 3.57. The van der Waals surface area contributed by atoms with E-state index in [1.807, 2.05) is 0 Å². The van der Waals surface area contributed by atoms with Gasteiger partial charge in [-0.15, -0.1) is 0 Å². The second kappa shape index (κ2) is 5.52. The van der Waals surface area contributed by atoms with Gasteiger partial charge >= 0.3 is 0 Å². The van der Waals surface area contributed by atoms with Crippen LogP contribution in [0, 0.1) is 0 Å². The van der Waals surface area contributed by atoms with Crippen LogP contribution < -0.4 is 0 Å². The van der Waals surface area contributed by atoms with Gasteiger partial charge in [-0.1, -0.05) is 61.1 Å². The number of hydrogen-bond acceptors (Lipinski definition) is 0. The highest BCUT2D eigenvalue weighted by atomic mass is 79.9. The van der Waals surface area contributed by atoms with E-state index in [-0.39, 0.29) is 0 Å². The maximum absolute atomic E-state index is 3.57. The van der Waals surface area contributed by atoms with Crippen molar-refractivity contribution in [2.24, 2.45) is 0 Å². The molecule has 0 bridgehead atoms. The monoisotopic (exact) mass is 368 g/mol. The van der Waals surface area contributed by atoms with Gasteiger partial charge < -0.3 is 0 Å². The molecule has 0 atom stereocenters. The van der Waals surface area contributed by atoms with Crippen LogP contribution in [0.1, 0.15) is 25.3 Å². The summed E-state index contributed by atoms with van der Waals surface area (Å²) in [5.74, 6) is 0. The Morgan fingerprint density at radius 2 is 1.62 bits per heavy atom. The van der Waals surface area contributed by atoms with E-state index in [0.717, 1.165) is 10.9 Å². The smallest absolute Gasteiger partial charge is 0.0229 e. The SMILES string of the molecule is CCCCc1c(Br)cc(Br)cc1Br. The largest absolute Gasteiger partial charge is 0.0654 e. The lowest BCUT2D eigenvalue weighted by Crippen LogP contribution is -1.88. The molecule has 0 spiro atoms. The Hall–Kier alpha value is 0.660. The van der Waals surface area contributed by atoms with E-state index in [1.165, 1.54) is 27.4 Å². The van der Waals surface area contributed by atoms with Gasteiger partial charge in [0.1, 0.15) is 0 Å². The lowest BCUT2D eigenvalue weighted by Gasteiger charge is -2.07. The van der Waals surface area contributed by atoms with Gasteiger partial charge in [0.05, 0.1) is 0 Å². The molecule has 13 heavy (non-hydrogen) atoms. The molecule has 72 valence electrons. The predicted molar refractivity (Wildman–Crippen MR) is 68.2 cm³/mol. The normalized spacial score (nSPS) is 10.5. The average Bonchev–Trinajstić information content (AvgIpc) is 2.02. The lowest BCUT2D eigenvalue weighted by atomic mass is 10.1. The summed E-state index contributed by atoms with van der Waals surface area (Å²) in [6.07, 6.45) is 3.60. The molecule has 3 heteroatoms. The van der Waals surface area contributed by atoms with E-state index in [4.69, 9.17) is 0 Å². The Morgan fingerprint density at radius 1 is 1.08 bits per heavy atom. The number of hydrogen-bond donors (Lipinski definition) is 0. The van der Waals surface area contributed by atoms with Gasteiger partial charge in [-0.05, 0) is 30.5 Å². The van der Waals surface area contributed by atoms with E-state index >= 15 is 0 Å². The summed E-state index contributed by atoms with van der Waals surface area (Å²) in [6.45, 7) is 2.21. The molecule has 1 rings (SSSR count). The number of benzene rings is 1. The molecule has 0 aliphatic rings. The minimum absolute atomic E-state index is 1.10. The number of rotatable bonds is 3. The minimum atomic E-state index is 1.10. The molecule has 1 aromatic rings. The van der Waals surface area contributed by atoms with Crippen molar-refractivity contribution < 1.29 is 0 Å². The van der Waals surface area contributed by atoms with Crippen LogP contribution in [0.3, 0.4) is 0 Å². The van der Waals surface area contributed by atoms with Crippen LogP contribution in [-0.2, 0) is 6.42 Å². The topological polar surface area (TPSA) is 0 Å². The van der Waals surface area contributed by atoms with Crippen LogP contribution in [0.5, 0.6) is 0 Å². The van der Waals surface area contributed by atoms with E-state index in [0.29, 0.717) is 0 Å². The van der Waals surface area contributed by atoms with Crippen molar-refractivity contribution in [2.75, 3.05) is 0 Å². The maximum Gasteiger partial charge on any atom is 0.0229 e. The highest BCUT2D eigenvalue weighted by Gasteiger charge is 2.05. The molecule has 0 saturated heterocycles. The van der Waals surface area contributed by atoms with E-state index < -0.39 is 0 Å². The van der Waals surface area contributed by atoms with Gasteiger partial charge in [-0.3, -0.25) is 0 Å². The van der Waals surface area contributed by atoms with Crippen molar-refractivity contribution in [1.82, 2.24) is 0 Å². The Bertz CT molecular complexity index is 271. The van der Waals surface area contributed by atoms with E-state index in [2.05, 4.69) is 66.8 Å². The summed E-state index contributed by atoms with van der Waals surface area (Å²) in [5.41, 5.74) is 1.37. The van der Waals surface area contributed by atoms with Gasteiger partial charge in [-0.2, -0.15) is 0 Å². The Balaban J connectivity index is 2.92. The summed E-state index contributed by atoms with van der Waals surface area (Å²) >= 11 is 10.6. The van der Waals surface area contributed by atoms with Gasteiger partial charge in [0, 0.05) is 13.4 Å². The molecular formula is C10H11Br3. The number of unbranched alkanes of at least 4 members (excludes halogenated alkanes) is 1. The van der Waals surface area contributed by atoms with Crippen molar-refractivity contribution in [3.63, 3.8) is 0 Å². The first kappa shape index (κ1) is 11.7. The first-order chi connectivity index (χ1) is 6.15. The quantitative estimate of drug-likeness (QED) is 0.675. The minimum Gasteiger partial charge on any atom is -0.0654 e. The van der Waals surface area contributed by atoms with Crippen molar-refractivity contribution in [3.8, 4) is 0 Å². The summed E-state index contributed by atoms with van der Waals surface area (Å²) < 4.78 is 3.47. The molecule has 0 saturated carbocycles. The van der Waals surface area contributed by atoms with Crippen molar-refractivity contribution in [1.29, 1.82) is 0 Å². The fourth-order valence-electron chi connectivity index (χ4n) is 1.16. The second-order valence-corrected chi connectivity index (χ2v) is 5.58. The Labute approximate surface area is 104 Å². The summed E-state index contributed by atoms with van der Waals surface area (Å²) in [7, 11) is 0. The molecule has 0 aliphatic heterocycles. The van der Waals surface area contributed by atoms with Crippen molar-refractivity contribution in [3.05, 3.63) is 31.1 Å². The molecule has 0 aliphatic carbocycles. The van der Waals surface area contributed by atoms with Crippen LogP contribution >= 0.6 is 47.8 Å². The van der Waals surface area contributed by atoms with Crippen molar-refractivity contribution in [2.45, 2.75) is 26.2 Å². The van der Waals surface area contributed by atoms with Crippen LogP contribution in [0.4, 0.5) is 0 Å². The Kier molecular flexibility index (Phi) is 4.98. The third kappa shape index (κ3) is 3.37. The molecule has 0 nitrogen and oxygen atoms in total. The van der Waals surface area contributed by atoms with E-state index in [1.54, 1.807) is 0 Å². The fourth-order valence-corrected chi connectivity index (χ4v) is 3.82. The average molecular weight is 371 g/mol.